The summed E-state index contributed by atoms with van der Waals surface area (Å²) in [5.41, 5.74) is 1.69. The Bertz CT molecular complexity index is 1180. The van der Waals surface area contributed by atoms with Crippen LogP contribution in [0.2, 0.25) is 0 Å². The highest BCUT2D eigenvalue weighted by molar-refractivity contribution is 7.99. The lowest BCUT2D eigenvalue weighted by molar-refractivity contribution is -0.113. The molecule has 170 valence electrons. The third-order valence-corrected chi connectivity index (χ3v) is 7.54. The fourth-order valence-corrected chi connectivity index (χ4v) is 5.91. The second kappa shape index (κ2) is 10.1. The maximum Gasteiger partial charge on any atom is 0.263 e. The molecule has 0 saturated carbocycles. The molecule has 9 heteroatoms. The Morgan fingerprint density at radius 3 is 3.00 bits per heavy atom. The predicted octanol–water partition coefficient (Wildman–Crippen LogP) is 4.25. The van der Waals surface area contributed by atoms with Gasteiger partial charge in [0.1, 0.15) is 10.6 Å². The second-order valence-electron chi connectivity index (χ2n) is 7.68. The summed E-state index contributed by atoms with van der Waals surface area (Å²) >= 11 is 2.82. The minimum absolute atomic E-state index is 0.00159. The van der Waals surface area contributed by atoms with Gasteiger partial charge in [-0.3, -0.25) is 14.2 Å². The van der Waals surface area contributed by atoms with Gasteiger partial charge in [-0.2, -0.15) is 0 Å². The highest BCUT2D eigenvalue weighted by Crippen LogP contribution is 2.30. The number of amides is 1. The van der Waals surface area contributed by atoms with Gasteiger partial charge in [0.15, 0.2) is 5.16 Å². The number of fused-ring (bicyclic) bond motifs is 1. The number of rotatable bonds is 8. The monoisotopic (exact) mass is 473 g/mol. The fourth-order valence-electron chi connectivity index (χ4n) is 3.95. The molecule has 0 spiro atoms. The van der Waals surface area contributed by atoms with Crippen molar-refractivity contribution in [3.8, 4) is 5.75 Å². The van der Waals surface area contributed by atoms with Crippen LogP contribution >= 0.6 is 23.1 Å². The zero-order valence-corrected chi connectivity index (χ0v) is 20.1. The first kappa shape index (κ1) is 22.8. The highest BCUT2D eigenvalue weighted by atomic mass is 32.2. The topological polar surface area (TPSA) is 82.4 Å². The van der Waals surface area contributed by atoms with E-state index in [4.69, 9.17) is 14.5 Å². The fraction of sp³-hybridized carbons (Fsp3) is 0.435. The van der Waals surface area contributed by atoms with Gasteiger partial charge in [0.25, 0.3) is 5.56 Å². The van der Waals surface area contributed by atoms with E-state index in [1.807, 2.05) is 25.1 Å². The van der Waals surface area contributed by atoms with Crippen molar-refractivity contribution in [2.24, 2.45) is 0 Å². The summed E-state index contributed by atoms with van der Waals surface area (Å²) in [6.45, 7) is 5.27. The number of carbonyl (C=O) groups excluding carboxylic acids is 1. The first-order valence-corrected chi connectivity index (χ1v) is 12.5. The van der Waals surface area contributed by atoms with Crippen LogP contribution in [-0.4, -0.2) is 41.0 Å². The minimum Gasteiger partial charge on any atom is -0.497 e. The quantitative estimate of drug-likeness (QED) is 0.389. The maximum atomic E-state index is 13.5. The summed E-state index contributed by atoms with van der Waals surface area (Å²) in [6.07, 6.45) is 2.71. The van der Waals surface area contributed by atoms with Crippen molar-refractivity contribution >= 4 is 44.9 Å². The molecule has 1 amide bonds. The molecule has 1 unspecified atom stereocenters. The third-order valence-electron chi connectivity index (χ3n) is 5.53. The van der Waals surface area contributed by atoms with E-state index in [-0.39, 0.29) is 23.3 Å². The van der Waals surface area contributed by atoms with Gasteiger partial charge in [-0.15, -0.1) is 11.3 Å². The van der Waals surface area contributed by atoms with Crippen LogP contribution in [0.4, 0.5) is 5.69 Å². The summed E-state index contributed by atoms with van der Waals surface area (Å²) in [7, 11) is 1.59. The molecule has 1 aliphatic heterocycles. The number of aromatic nitrogens is 2. The number of thioether (sulfide) groups is 1. The van der Waals surface area contributed by atoms with Crippen molar-refractivity contribution in [3.63, 3.8) is 0 Å². The van der Waals surface area contributed by atoms with Crippen LogP contribution in [0, 0.1) is 6.92 Å². The summed E-state index contributed by atoms with van der Waals surface area (Å²) in [6, 6.07) is 7.21. The number of nitrogens with one attached hydrogen (secondary N) is 1. The number of nitrogens with zero attached hydrogens (tertiary/aromatic N) is 2. The SMILES string of the molecule is CCc1c(C)sc2nc(SCC(=O)Nc3cccc(OC)c3)n(CC3CCCO3)c(=O)c12. The molecule has 2 aromatic heterocycles. The number of aryl methyl sites for hydroxylation is 2. The number of benzene rings is 1. The minimum atomic E-state index is -0.169. The molecule has 1 aliphatic rings. The van der Waals surface area contributed by atoms with Gasteiger partial charge in [0, 0.05) is 23.2 Å². The molecule has 0 bridgehead atoms. The number of anilines is 1. The molecule has 4 rings (SSSR count). The van der Waals surface area contributed by atoms with E-state index >= 15 is 0 Å². The van der Waals surface area contributed by atoms with Crippen molar-refractivity contribution in [2.75, 3.05) is 24.8 Å². The summed E-state index contributed by atoms with van der Waals surface area (Å²) in [5.74, 6) is 0.650. The van der Waals surface area contributed by atoms with Crippen molar-refractivity contribution in [2.45, 2.75) is 50.9 Å². The average Bonchev–Trinajstić information content (AvgIpc) is 3.41. The van der Waals surface area contributed by atoms with Crippen LogP contribution in [0.5, 0.6) is 5.75 Å². The molecule has 1 atom stereocenters. The van der Waals surface area contributed by atoms with Gasteiger partial charge in [-0.1, -0.05) is 24.8 Å². The Kier molecular flexibility index (Phi) is 7.17. The molecule has 1 fully saturated rings. The highest BCUT2D eigenvalue weighted by Gasteiger charge is 2.23. The van der Waals surface area contributed by atoms with Crippen LogP contribution < -0.4 is 15.6 Å². The van der Waals surface area contributed by atoms with Crippen LogP contribution in [0.3, 0.4) is 0 Å². The number of thiophene rings is 1. The maximum absolute atomic E-state index is 13.5. The van der Waals surface area contributed by atoms with Gasteiger partial charge in [0.05, 0.1) is 30.9 Å². The Labute approximate surface area is 195 Å². The van der Waals surface area contributed by atoms with E-state index in [9.17, 15) is 9.59 Å². The van der Waals surface area contributed by atoms with E-state index in [1.54, 1.807) is 29.1 Å². The van der Waals surface area contributed by atoms with Crippen molar-refractivity contribution in [3.05, 3.63) is 45.1 Å². The van der Waals surface area contributed by atoms with Gasteiger partial charge in [0.2, 0.25) is 5.91 Å². The molecule has 3 heterocycles. The second-order valence-corrected chi connectivity index (χ2v) is 9.83. The van der Waals surface area contributed by atoms with Crippen LogP contribution in [0.1, 0.15) is 30.2 Å². The van der Waals surface area contributed by atoms with Gasteiger partial charge < -0.3 is 14.8 Å². The Hall–Kier alpha value is -2.36. The number of hydrogen-bond donors (Lipinski definition) is 1. The normalized spacial score (nSPS) is 15.9. The molecule has 7 nitrogen and oxygen atoms in total. The number of ether oxygens (including phenoxy) is 2. The Morgan fingerprint density at radius 2 is 2.28 bits per heavy atom. The average molecular weight is 474 g/mol. The van der Waals surface area contributed by atoms with E-state index in [0.717, 1.165) is 41.1 Å². The molecule has 3 aromatic rings. The van der Waals surface area contributed by atoms with Crippen molar-refractivity contribution < 1.29 is 14.3 Å². The Balaban J connectivity index is 1.59. The van der Waals surface area contributed by atoms with Crippen LogP contribution in [0.15, 0.2) is 34.2 Å². The van der Waals surface area contributed by atoms with Crippen molar-refractivity contribution in [1.29, 1.82) is 0 Å². The van der Waals surface area contributed by atoms with E-state index in [1.165, 1.54) is 11.8 Å². The number of methoxy groups -OCH3 is 1. The molecule has 0 aliphatic carbocycles. The van der Waals surface area contributed by atoms with Gasteiger partial charge >= 0.3 is 0 Å². The third kappa shape index (κ3) is 4.84. The first-order chi connectivity index (χ1) is 15.5. The van der Waals surface area contributed by atoms with Crippen LogP contribution in [-0.2, 0) is 22.5 Å². The van der Waals surface area contributed by atoms with E-state index in [2.05, 4.69) is 12.2 Å². The zero-order valence-electron chi connectivity index (χ0n) is 18.5. The van der Waals surface area contributed by atoms with Gasteiger partial charge in [-0.25, -0.2) is 4.98 Å². The summed E-state index contributed by atoms with van der Waals surface area (Å²) < 4.78 is 12.7. The lowest BCUT2D eigenvalue weighted by atomic mass is 10.1. The van der Waals surface area contributed by atoms with Crippen LogP contribution in [0.25, 0.3) is 10.2 Å². The largest absolute Gasteiger partial charge is 0.497 e. The lowest BCUT2D eigenvalue weighted by Gasteiger charge is -2.16. The molecular formula is C23H27N3O4S2. The van der Waals surface area contributed by atoms with Gasteiger partial charge in [-0.05, 0) is 43.9 Å². The Morgan fingerprint density at radius 1 is 1.44 bits per heavy atom. The number of carbonyl (C=O) groups is 1. The zero-order chi connectivity index (χ0) is 22.7. The first-order valence-electron chi connectivity index (χ1n) is 10.7. The summed E-state index contributed by atoms with van der Waals surface area (Å²) in [4.78, 5) is 32.7. The molecule has 32 heavy (non-hydrogen) atoms. The van der Waals surface area contributed by atoms with Crippen molar-refractivity contribution in [1.82, 2.24) is 9.55 Å². The standard InChI is InChI=1S/C23H27N3O4S2/c1-4-18-14(2)32-21-20(18)22(28)26(12-17-9-6-10-30-17)23(25-21)31-13-19(27)24-15-7-5-8-16(11-15)29-3/h5,7-8,11,17H,4,6,9-10,12-13H2,1-3H3,(H,24,27). The van der Waals surface area contributed by atoms with E-state index < -0.39 is 0 Å². The molecule has 1 N–H and O–H groups in total. The molecule has 1 saturated heterocycles. The molecular weight excluding hydrogens is 446 g/mol. The number of hydrogen-bond acceptors (Lipinski definition) is 7. The lowest BCUT2D eigenvalue weighted by Crippen LogP contribution is -2.29. The molecule has 1 aromatic carbocycles. The molecule has 0 radical (unpaired) electrons. The summed E-state index contributed by atoms with van der Waals surface area (Å²) in [5, 5.41) is 4.14. The predicted molar refractivity (Wildman–Crippen MR) is 129 cm³/mol. The smallest absolute Gasteiger partial charge is 0.263 e. The van der Waals surface area contributed by atoms with E-state index in [0.29, 0.717) is 28.5 Å².